The number of rotatable bonds is 2. The van der Waals surface area contributed by atoms with Gasteiger partial charge in [0.1, 0.15) is 18.1 Å². The van der Waals surface area contributed by atoms with Crippen molar-refractivity contribution >= 4 is 16.5 Å². The fraction of sp³-hybridized carbons (Fsp3) is 0.111. The van der Waals surface area contributed by atoms with Crippen molar-refractivity contribution in [2.75, 3.05) is 6.61 Å². The zero-order chi connectivity index (χ0) is 10.9. The van der Waals surface area contributed by atoms with Crippen molar-refractivity contribution in [3.05, 3.63) is 29.8 Å². The topological polar surface area (TPSA) is 72.8 Å². The molecule has 1 aliphatic heterocycles. The van der Waals surface area contributed by atoms with Crippen molar-refractivity contribution in [2.24, 2.45) is 0 Å². The number of fused-ring (bicyclic) bond motifs is 1. The van der Waals surface area contributed by atoms with Crippen LogP contribution in [0.4, 0.5) is 0 Å². The minimum Gasteiger partial charge on any atom is -0.489 e. The summed E-state index contributed by atoms with van der Waals surface area (Å²) in [7, 11) is -4.48. The Bertz CT molecular complexity index is 503. The predicted octanol–water partition coefficient (Wildman–Crippen LogP) is 1.27. The highest BCUT2D eigenvalue weighted by molar-refractivity contribution is 7.81. The zero-order valence-electron chi connectivity index (χ0n) is 7.58. The van der Waals surface area contributed by atoms with Crippen LogP contribution in [-0.4, -0.2) is 19.6 Å². The maximum Gasteiger partial charge on any atom is 0.446 e. The Morgan fingerprint density at radius 1 is 1.40 bits per heavy atom. The van der Waals surface area contributed by atoms with Gasteiger partial charge in [-0.1, -0.05) is 6.08 Å². The van der Waals surface area contributed by atoms with Crippen LogP contribution in [0.5, 0.6) is 11.5 Å². The van der Waals surface area contributed by atoms with E-state index in [-0.39, 0.29) is 5.75 Å². The standard InChI is InChI=1S/C9H8O5S/c10-15(11,12)14-8-4-3-7-2-1-5-13-9(7)6-8/h1-4,6H,5H2,(H,10,11,12). The van der Waals surface area contributed by atoms with E-state index in [1.165, 1.54) is 12.1 Å². The number of ether oxygens (including phenoxy) is 1. The van der Waals surface area contributed by atoms with Gasteiger partial charge in [0.25, 0.3) is 0 Å². The second kappa shape index (κ2) is 3.56. The molecular weight excluding hydrogens is 220 g/mol. The fourth-order valence-electron chi connectivity index (χ4n) is 1.26. The van der Waals surface area contributed by atoms with Gasteiger partial charge in [0, 0.05) is 11.6 Å². The third-order valence-electron chi connectivity index (χ3n) is 1.82. The molecule has 6 heteroatoms. The SMILES string of the molecule is O=S(=O)(O)Oc1ccc2c(c1)OCC=C2. The molecule has 1 N–H and O–H groups in total. The van der Waals surface area contributed by atoms with Crippen molar-refractivity contribution in [3.63, 3.8) is 0 Å². The molecule has 1 aliphatic rings. The Morgan fingerprint density at radius 2 is 2.20 bits per heavy atom. The molecule has 80 valence electrons. The molecule has 0 radical (unpaired) electrons. The molecule has 0 bridgehead atoms. The van der Waals surface area contributed by atoms with Gasteiger partial charge >= 0.3 is 10.4 Å². The maximum absolute atomic E-state index is 10.4. The lowest BCUT2D eigenvalue weighted by Gasteiger charge is -2.12. The largest absolute Gasteiger partial charge is 0.489 e. The van der Waals surface area contributed by atoms with Gasteiger partial charge in [-0.05, 0) is 18.2 Å². The molecule has 5 nitrogen and oxygen atoms in total. The molecule has 1 heterocycles. The highest BCUT2D eigenvalue weighted by atomic mass is 32.3. The van der Waals surface area contributed by atoms with Crippen LogP contribution in [0.3, 0.4) is 0 Å². The van der Waals surface area contributed by atoms with Crippen molar-refractivity contribution in [1.82, 2.24) is 0 Å². The van der Waals surface area contributed by atoms with Gasteiger partial charge < -0.3 is 8.92 Å². The first kappa shape index (κ1) is 10.0. The molecule has 2 rings (SSSR count). The lowest BCUT2D eigenvalue weighted by atomic mass is 10.1. The molecule has 0 unspecified atom stereocenters. The molecule has 0 aliphatic carbocycles. The highest BCUT2D eigenvalue weighted by Gasteiger charge is 2.11. The summed E-state index contributed by atoms with van der Waals surface area (Å²) in [6, 6.07) is 4.49. The number of hydrogen-bond donors (Lipinski definition) is 1. The van der Waals surface area contributed by atoms with E-state index in [4.69, 9.17) is 9.29 Å². The first-order chi connectivity index (χ1) is 7.04. The summed E-state index contributed by atoms with van der Waals surface area (Å²) in [4.78, 5) is 0. The Hall–Kier alpha value is -1.53. The molecule has 15 heavy (non-hydrogen) atoms. The zero-order valence-corrected chi connectivity index (χ0v) is 8.40. The summed E-state index contributed by atoms with van der Waals surface area (Å²) in [6.07, 6.45) is 3.70. The highest BCUT2D eigenvalue weighted by Crippen LogP contribution is 2.28. The van der Waals surface area contributed by atoms with Crippen molar-refractivity contribution in [3.8, 4) is 11.5 Å². The van der Waals surface area contributed by atoms with Crippen molar-refractivity contribution < 1.29 is 21.9 Å². The average Bonchev–Trinajstić information content (AvgIpc) is 2.15. The molecule has 0 saturated heterocycles. The molecule has 0 saturated carbocycles. The summed E-state index contributed by atoms with van der Waals surface area (Å²) in [5, 5.41) is 0. The van der Waals surface area contributed by atoms with E-state index in [0.29, 0.717) is 12.4 Å². The monoisotopic (exact) mass is 228 g/mol. The van der Waals surface area contributed by atoms with E-state index < -0.39 is 10.4 Å². The van der Waals surface area contributed by atoms with E-state index in [1.54, 1.807) is 6.07 Å². The van der Waals surface area contributed by atoms with Crippen LogP contribution in [0.1, 0.15) is 5.56 Å². The number of hydrogen-bond acceptors (Lipinski definition) is 4. The van der Waals surface area contributed by atoms with Crippen LogP contribution < -0.4 is 8.92 Å². The first-order valence-electron chi connectivity index (χ1n) is 4.15. The van der Waals surface area contributed by atoms with E-state index in [0.717, 1.165) is 5.56 Å². The van der Waals surface area contributed by atoms with Gasteiger partial charge in [-0.3, -0.25) is 4.55 Å². The Labute approximate surface area is 86.9 Å². The molecule has 0 fully saturated rings. The van der Waals surface area contributed by atoms with Crippen LogP contribution in [-0.2, 0) is 10.4 Å². The molecule has 0 atom stereocenters. The molecule has 0 aromatic heterocycles. The summed E-state index contributed by atoms with van der Waals surface area (Å²) in [6.45, 7) is 0.433. The van der Waals surface area contributed by atoms with Crippen LogP contribution in [0.15, 0.2) is 24.3 Å². The Kier molecular flexibility index (Phi) is 2.37. The van der Waals surface area contributed by atoms with E-state index in [2.05, 4.69) is 4.18 Å². The normalized spacial score (nSPS) is 14.2. The van der Waals surface area contributed by atoms with Crippen molar-refractivity contribution in [1.29, 1.82) is 0 Å². The smallest absolute Gasteiger partial charge is 0.446 e. The van der Waals surface area contributed by atoms with Gasteiger partial charge in [0.15, 0.2) is 0 Å². The quantitative estimate of drug-likeness (QED) is 0.772. The van der Waals surface area contributed by atoms with Gasteiger partial charge in [0.05, 0.1) is 0 Å². The first-order valence-corrected chi connectivity index (χ1v) is 5.51. The lowest BCUT2D eigenvalue weighted by Crippen LogP contribution is -2.07. The minimum atomic E-state index is -4.48. The van der Waals surface area contributed by atoms with Crippen molar-refractivity contribution in [2.45, 2.75) is 0 Å². The Morgan fingerprint density at radius 3 is 2.93 bits per heavy atom. The average molecular weight is 228 g/mol. The fourth-order valence-corrected chi connectivity index (χ4v) is 1.61. The summed E-state index contributed by atoms with van der Waals surface area (Å²) < 4.78 is 38.9. The van der Waals surface area contributed by atoms with Crippen LogP contribution in [0.2, 0.25) is 0 Å². The minimum absolute atomic E-state index is 0.0200. The molecule has 0 spiro atoms. The lowest BCUT2D eigenvalue weighted by molar-refractivity contribution is 0.354. The number of benzene rings is 1. The van der Waals surface area contributed by atoms with E-state index >= 15 is 0 Å². The van der Waals surface area contributed by atoms with Gasteiger partial charge in [-0.15, -0.1) is 0 Å². The molecule has 1 aromatic carbocycles. The maximum atomic E-state index is 10.4. The second-order valence-electron chi connectivity index (χ2n) is 2.92. The van der Waals surface area contributed by atoms with Gasteiger partial charge in [-0.2, -0.15) is 8.42 Å². The third-order valence-corrected chi connectivity index (χ3v) is 2.22. The molecule has 0 amide bonds. The van der Waals surface area contributed by atoms with Gasteiger partial charge in [-0.25, -0.2) is 0 Å². The Balaban J connectivity index is 2.33. The van der Waals surface area contributed by atoms with Crippen LogP contribution >= 0.6 is 0 Å². The predicted molar refractivity (Wildman–Crippen MR) is 53.1 cm³/mol. The van der Waals surface area contributed by atoms with E-state index in [9.17, 15) is 8.42 Å². The second-order valence-corrected chi connectivity index (χ2v) is 3.95. The van der Waals surface area contributed by atoms with E-state index in [1.807, 2.05) is 12.2 Å². The van der Waals surface area contributed by atoms with Gasteiger partial charge in [0.2, 0.25) is 0 Å². The third kappa shape index (κ3) is 2.48. The van der Waals surface area contributed by atoms with Crippen LogP contribution in [0, 0.1) is 0 Å². The summed E-state index contributed by atoms with van der Waals surface area (Å²) >= 11 is 0. The summed E-state index contributed by atoms with van der Waals surface area (Å²) in [5.41, 5.74) is 0.837. The summed E-state index contributed by atoms with van der Waals surface area (Å²) in [5.74, 6) is 0.546. The molecule has 1 aromatic rings. The van der Waals surface area contributed by atoms with Crippen LogP contribution in [0.25, 0.3) is 6.08 Å². The molecular formula is C9H8O5S.